The molecule has 0 aromatic heterocycles. The molecular formula is C20H27N3S. The number of rotatable bonds is 5. The molecule has 0 saturated carbocycles. The summed E-state index contributed by atoms with van der Waals surface area (Å²) in [5.41, 5.74) is 5.65. The standard InChI is InChI=1S/C20H27N3S/c1-6-23(14(2)3)18-11-9-17(10-12-18)21-20(24)22-19-13-15(4)7-8-16(19)5/h7-14H,6H2,1-5H3,(H2,21,22,24). The quantitative estimate of drug-likeness (QED) is 0.717. The highest BCUT2D eigenvalue weighted by atomic mass is 32.1. The first-order valence-electron chi connectivity index (χ1n) is 8.42. The fourth-order valence-corrected chi connectivity index (χ4v) is 2.97. The summed E-state index contributed by atoms with van der Waals surface area (Å²) in [4.78, 5) is 2.36. The van der Waals surface area contributed by atoms with Crippen LogP contribution in [0.3, 0.4) is 0 Å². The average molecular weight is 342 g/mol. The van der Waals surface area contributed by atoms with Crippen molar-refractivity contribution in [2.45, 2.75) is 40.7 Å². The van der Waals surface area contributed by atoms with Crippen LogP contribution in [-0.4, -0.2) is 17.7 Å². The highest BCUT2D eigenvalue weighted by Crippen LogP contribution is 2.21. The summed E-state index contributed by atoms with van der Waals surface area (Å²) in [6.45, 7) is 11.7. The largest absolute Gasteiger partial charge is 0.369 e. The molecule has 2 rings (SSSR count). The predicted octanol–water partition coefficient (Wildman–Crippen LogP) is 5.35. The molecule has 0 fully saturated rings. The van der Waals surface area contributed by atoms with E-state index in [1.165, 1.54) is 16.8 Å². The van der Waals surface area contributed by atoms with Gasteiger partial charge in [-0.05, 0) is 88.3 Å². The van der Waals surface area contributed by atoms with E-state index in [4.69, 9.17) is 12.2 Å². The Bertz CT molecular complexity index is 693. The van der Waals surface area contributed by atoms with Crippen LogP contribution in [0.25, 0.3) is 0 Å². The fraction of sp³-hybridized carbons (Fsp3) is 0.350. The minimum Gasteiger partial charge on any atom is -0.369 e. The van der Waals surface area contributed by atoms with Crippen molar-refractivity contribution >= 4 is 34.4 Å². The van der Waals surface area contributed by atoms with Gasteiger partial charge in [0.25, 0.3) is 0 Å². The van der Waals surface area contributed by atoms with Crippen LogP contribution >= 0.6 is 12.2 Å². The van der Waals surface area contributed by atoms with Gasteiger partial charge in [0, 0.05) is 29.6 Å². The van der Waals surface area contributed by atoms with Crippen molar-refractivity contribution in [1.29, 1.82) is 0 Å². The Morgan fingerprint density at radius 3 is 2.29 bits per heavy atom. The number of aryl methyl sites for hydroxylation is 2. The Labute approximate surface area is 151 Å². The Kier molecular flexibility index (Phi) is 6.21. The lowest BCUT2D eigenvalue weighted by Crippen LogP contribution is -2.30. The number of hydrogen-bond donors (Lipinski definition) is 2. The summed E-state index contributed by atoms with van der Waals surface area (Å²) in [7, 11) is 0. The first kappa shape index (κ1) is 18.3. The van der Waals surface area contributed by atoms with Crippen molar-refractivity contribution in [3.8, 4) is 0 Å². The molecule has 4 heteroatoms. The zero-order valence-electron chi connectivity index (χ0n) is 15.2. The monoisotopic (exact) mass is 341 g/mol. The Morgan fingerprint density at radius 1 is 1.04 bits per heavy atom. The molecule has 0 saturated heterocycles. The second-order valence-corrected chi connectivity index (χ2v) is 6.73. The summed E-state index contributed by atoms with van der Waals surface area (Å²) in [5, 5.41) is 7.13. The van der Waals surface area contributed by atoms with Crippen LogP contribution < -0.4 is 15.5 Å². The van der Waals surface area contributed by atoms with Crippen LogP contribution in [0.5, 0.6) is 0 Å². The highest BCUT2D eigenvalue weighted by molar-refractivity contribution is 7.80. The van der Waals surface area contributed by atoms with E-state index in [-0.39, 0.29) is 0 Å². The summed E-state index contributed by atoms with van der Waals surface area (Å²) >= 11 is 5.44. The maximum absolute atomic E-state index is 5.44. The molecule has 2 aromatic carbocycles. The van der Waals surface area contributed by atoms with Gasteiger partial charge in [0.1, 0.15) is 0 Å². The third-order valence-electron chi connectivity index (χ3n) is 4.06. The number of nitrogens with one attached hydrogen (secondary N) is 2. The van der Waals surface area contributed by atoms with Crippen LogP contribution in [0.15, 0.2) is 42.5 Å². The first-order valence-corrected chi connectivity index (χ1v) is 8.83. The van der Waals surface area contributed by atoms with Gasteiger partial charge in [0.05, 0.1) is 0 Å². The average Bonchev–Trinajstić information content (AvgIpc) is 2.53. The lowest BCUT2D eigenvalue weighted by atomic mass is 10.1. The molecule has 128 valence electrons. The van der Waals surface area contributed by atoms with Crippen LogP contribution in [0.2, 0.25) is 0 Å². The highest BCUT2D eigenvalue weighted by Gasteiger charge is 2.08. The van der Waals surface area contributed by atoms with E-state index in [0.717, 1.165) is 17.9 Å². The summed E-state index contributed by atoms with van der Waals surface area (Å²) in [6.07, 6.45) is 0. The van der Waals surface area contributed by atoms with Crippen molar-refractivity contribution in [3.05, 3.63) is 53.6 Å². The number of benzene rings is 2. The minimum atomic E-state index is 0.487. The lowest BCUT2D eigenvalue weighted by molar-refractivity contribution is 0.704. The van der Waals surface area contributed by atoms with Gasteiger partial charge in [0.2, 0.25) is 0 Å². The molecule has 0 aliphatic carbocycles. The van der Waals surface area contributed by atoms with Crippen molar-refractivity contribution in [3.63, 3.8) is 0 Å². The second kappa shape index (κ2) is 8.15. The molecule has 0 amide bonds. The fourth-order valence-electron chi connectivity index (χ4n) is 2.74. The van der Waals surface area contributed by atoms with E-state index in [1.54, 1.807) is 0 Å². The van der Waals surface area contributed by atoms with Crippen LogP contribution in [0.1, 0.15) is 31.9 Å². The van der Waals surface area contributed by atoms with E-state index in [2.05, 4.69) is 92.6 Å². The van der Waals surface area contributed by atoms with Gasteiger partial charge in [-0.25, -0.2) is 0 Å². The zero-order valence-corrected chi connectivity index (χ0v) is 16.0. The van der Waals surface area contributed by atoms with Gasteiger partial charge in [0.15, 0.2) is 5.11 Å². The normalized spacial score (nSPS) is 10.6. The van der Waals surface area contributed by atoms with E-state index in [9.17, 15) is 0 Å². The van der Waals surface area contributed by atoms with Crippen molar-refractivity contribution in [2.24, 2.45) is 0 Å². The van der Waals surface area contributed by atoms with E-state index >= 15 is 0 Å². The van der Waals surface area contributed by atoms with E-state index in [1.807, 2.05) is 0 Å². The molecule has 0 spiro atoms. The molecule has 24 heavy (non-hydrogen) atoms. The topological polar surface area (TPSA) is 27.3 Å². The molecule has 3 nitrogen and oxygen atoms in total. The molecule has 0 bridgehead atoms. The number of anilines is 3. The number of thiocarbonyl (C=S) groups is 1. The van der Waals surface area contributed by atoms with Gasteiger partial charge < -0.3 is 15.5 Å². The SMILES string of the molecule is CCN(c1ccc(NC(=S)Nc2cc(C)ccc2C)cc1)C(C)C. The molecule has 2 N–H and O–H groups in total. The predicted molar refractivity (Wildman–Crippen MR) is 110 cm³/mol. The third-order valence-corrected chi connectivity index (χ3v) is 4.27. The zero-order chi connectivity index (χ0) is 17.7. The molecular weight excluding hydrogens is 314 g/mol. The lowest BCUT2D eigenvalue weighted by Gasteiger charge is -2.27. The molecule has 0 heterocycles. The van der Waals surface area contributed by atoms with Gasteiger partial charge in [-0.15, -0.1) is 0 Å². The molecule has 0 aliphatic heterocycles. The maximum Gasteiger partial charge on any atom is 0.175 e. The van der Waals surface area contributed by atoms with E-state index < -0.39 is 0 Å². The molecule has 2 aromatic rings. The summed E-state index contributed by atoms with van der Waals surface area (Å²) in [5.74, 6) is 0. The van der Waals surface area contributed by atoms with Gasteiger partial charge in [-0.2, -0.15) is 0 Å². The minimum absolute atomic E-state index is 0.487. The Balaban J connectivity index is 2.03. The van der Waals surface area contributed by atoms with Crippen LogP contribution in [-0.2, 0) is 0 Å². The maximum atomic E-state index is 5.44. The summed E-state index contributed by atoms with van der Waals surface area (Å²) in [6, 6.07) is 15.2. The van der Waals surface area contributed by atoms with Crippen molar-refractivity contribution < 1.29 is 0 Å². The smallest absolute Gasteiger partial charge is 0.175 e. The second-order valence-electron chi connectivity index (χ2n) is 6.32. The van der Waals surface area contributed by atoms with Crippen LogP contribution in [0, 0.1) is 13.8 Å². The number of hydrogen-bond acceptors (Lipinski definition) is 2. The number of nitrogens with zero attached hydrogens (tertiary/aromatic N) is 1. The molecule has 0 unspecified atom stereocenters. The van der Waals surface area contributed by atoms with Gasteiger partial charge >= 0.3 is 0 Å². The summed E-state index contributed by atoms with van der Waals surface area (Å²) < 4.78 is 0. The van der Waals surface area contributed by atoms with Crippen LogP contribution in [0.4, 0.5) is 17.1 Å². The van der Waals surface area contributed by atoms with E-state index in [0.29, 0.717) is 11.2 Å². The third kappa shape index (κ3) is 4.71. The van der Waals surface area contributed by atoms with Gasteiger partial charge in [-0.1, -0.05) is 12.1 Å². The molecule has 0 radical (unpaired) electrons. The van der Waals surface area contributed by atoms with Gasteiger partial charge in [-0.3, -0.25) is 0 Å². The van der Waals surface area contributed by atoms with Crippen molar-refractivity contribution in [2.75, 3.05) is 22.1 Å². The molecule has 0 aliphatic rings. The molecule has 0 atom stereocenters. The van der Waals surface area contributed by atoms with Crippen molar-refractivity contribution in [1.82, 2.24) is 0 Å². The Morgan fingerprint density at radius 2 is 1.71 bits per heavy atom. The first-order chi connectivity index (χ1) is 11.4. The Hall–Kier alpha value is -2.07.